The number of carbonyl (C=O) groups is 2. The maximum atomic E-state index is 12.2. The van der Waals surface area contributed by atoms with Crippen LogP contribution in [0.4, 0.5) is 0 Å². The van der Waals surface area contributed by atoms with Gasteiger partial charge in [-0.1, -0.05) is 30.3 Å². The number of phenolic OH excluding ortho intramolecular Hbond substituents is 1. The first-order valence-corrected chi connectivity index (χ1v) is 8.02. The van der Waals surface area contributed by atoms with Crippen molar-refractivity contribution in [2.45, 2.75) is 39.7 Å². The molecule has 25 heavy (non-hydrogen) atoms. The molecule has 0 unspecified atom stereocenters. The highest BCUT2D eigenvalue weighted by Gasteiger charge is 2.15. The lowest BCUT2D eigenvalue weighted by atomic mass is 10.1. The van der Waals surface area contributed by atoms with Crippen molar-refractivity contribution in [2.24, 2.45) is 5.10 Å². The minimum Gasteiger partial charge on any atom is -0.506 e. The number of nitrogens with zero attached hydrogens (tertiary/aromatic N) is 1. The van der Waals surface area contributed by atoms with Gasteiger partial charge in [-0.2, -0.15) is 5.10 Å². The molecule has 0 atom stereocenters. The van der Waals surface area contributed by atoms with Gasteiger partial charge in [-0.15, -0.1) is 0 Å². The zero-order chi connectivity index (χ0) is 18.6. The van der Waals surface area contributed by atoms with Crippen molar-refractivity contribution < 1.29 is 14.7 Å². The molecule has 6 heteroatoms. The minimum atomic E-state index is -0.529. The van der Waals surface area contributed by atoms with E-state index >= 15 is 0 Å². The normalized spacial score (nSPS) is 12.1. The van der Waals surface area contributed by atoms with E-state index in [2.05, 4.69) is 15.8 Å². The lowest BCUT2D eigenvalue weighted by Crippen LogP contribution is -2.41. The van der Waals surface area contributed by atoms with Gasteiger partial charge in [-0.3, -0.25) is 9.59 Å². The Kier molecular flexibility index (Phi) is 5.41. The Morgan fingerprint density at radius 1 is 1.12 bits per heavy atom. The number of rotatable bonds is 4. The number of fused-ring (bicyclic) bond motifs is 1. The van der Waals surface area contributed by atoms with Crippen LogP contribution in [-0.2, 0) is 4.79 Å². The summed E-state index contributed by atoms with van der Waals surface area (Å²) in [4.78, 5) is 24.1. The number of aromatic hydroxyl groups is 1. The Hall–Kier alpha value is -2.89. The lowest BCUT2D eigenvalue weighted by Gasteiger charge is -2.20. The number of nitrogens with one attached hydrogen (secondary N) is 2. The van der Waals surface area contributed by atoms with E-state index < -0.39 is 5.91 Å². The molecular weight excluding hydrogens is 318 g/mol. The van der Waals surface area contributed by atoms with Crippen molar-refractivity contribution in [1.82, 2.24) is 10.7 Å². The molecule has 2 aromatic rings. The van der Waals surface area contributed by atoms with E-state index in [1.54, 1.807) is 31.2 Å². The maximum absolute atomic E-state index is 12.2. The summed E-state index contributed by atoms with van der Waals surface area (Å²) in [5, 5.41) is 18.5. The number of phenols is 1. The van der Waals surface area contributed by atoms with Crippen molar-refractivity contribution in [3.63, 3.8) is 0 Å². The zero-order valence-corrected chi connectivity index (χ0v) is 14.9. The molecule has 0 saturated heterocycles. The third-order valence-electron chi connectivity index (χ3n) is 3.42. The predicted octanol–water partition coefficient (Wildman–Crippen LogP) is 2.96. The molecule has 0 heterocycles. The summed E-state index contributed by atoms with van der Waals surface area (Å²) < 4.78 is 0. The zero-order valence-electron chi connectivity index (χ0n) is 14.9. The van der Waals surface area contributed by atoms with Crippen LogP contribution in [0.25, 0.3) is 10.8 Å². The number of benzene rings is 2. The van der Waals surface area contributed by atoms with Gasteiger partial charge in [0, 0.05) is 16.6 Å². The third kappa shape index (κ3) is 5.04. The van der Waals surface area contributed by atoms with Crippen molar-refractivity contribution in [1.29, 1.82) is 0 Å². The quantitative estimate of drug-likeness (QED) is 0.590. The van der Waals surface area contributed by atoms with E-state index in [0.717, 1.165) is 5.39 Å². The van der Waals surface area contributed by atoms with Crippen LogP contribution < -0.4 is 10.7 Å². The molecular formula is C19H23N3O3. The molecule has 2 rings (SSSR count). The second-order valence-corrected chi connectivity index (χ2v) is 6.95. The Labute approximate surface area is 146 Å². The smallest absolute Gasteiger partial charge is 0.275 e. The summed E-state index contributed by atoms with van der Waals surface area (Å²) in [6, 6.07) is 10.6. The summed E-state index contributed by atoms with van der Waals surface area (Å²) in [5.41, 5.74) is 2.66. The standard InChI is InChI=1S/C19H23N3O3/c1-12(11-16(23)20-19(2,3)4)21-22-18(25)15-10-9-13-7-5-6-8-14(13)17(15)24/h5-10,24H,11H2,1-4H3,(H,20,23)(H,22,25)/b21-12-. The minimum absolute atomic E-state index is 0.0846. The van der Waals surface area contributed by atoms with E-state index in [0.29, 0.717) is 11.1 Å². The van der Waals surface area contributed by atoms with Crippen molar-refractivity contribution in [3.8, 4) is 5.75 Å². The topological polar surface area (TPSA) is 90.8 Å². The summed E-state index contributed by atoms with van der Waals surface area (Å²) in [6.45, 7) is 7.33. The van der Waals surface area contributed by atoms with E-state index in [1.807, 2.05) is 32.9 Å². The van der Waals surface area contributed by atoms with Crippen LogP contribution in [0.1, 0.15) is 44.5 Å². The molecule has 0 saturated carbocycles. The van der Waals surface area contributed by atoms with Crippen molar-refractivity contribution >= 4 is 28.3 Å². The van der Waals surface area contributed by atoms with E-state index in [1.165, 1.54) is 0 Å². The van der Waals surface area contributed by atoms with Gasteiger partial charge in [0.1, 0.15) is 5.75 Å². The molecule has 2 aromatic carbocycles. The third-order valence-corrected chi connectivity index (χ3v) is 3.42. The average Bonchev–Trinajstić information content (AvgIpc) is 2.51. The highest BCUT2D eigenvalue weighted by Crippen LogP contribution is 2.28. The summed E-state index contributed by atoms with van der Waals surface area (Å²) in [6.07, 6.45) is 0.0846. The fraction of sp³-hybridized carbons (Fsp3) is 0.316. The van der Waals surface area contributed by atoms with Crippen LogP contribution in [0.3, 0.4) is 0 Å². The van der Waals surface area contributed by atoms with Crippen LogP contribution >= 0.6 is 0 Å². The Morgan fingerprint density at radius 2 is 1.80 bits per heavy atom. The molecule has 0 aromatic heterocycles. The number of carbonyl (C=O) groups excluding carboxylic acids is 2. The number of amides is 2. The first kappa shape index (κ1) is 18.4. The number of hydrazone groups is 1. The van der Waals surface area contributed by atoms with Crippen LogP contribution in [-0.4, -0.2) is 28.2 Å². The first-order valence-electron chi connectivity index (χ1n) is 8.02. The van der Waals surface area contributed by atoms with Gasteiger partial charge in [0.25, 0.3) is 5.91 Å². The highest BCUT2D eigenvalue weighted by molar-refractivity contribution is 6.05. The second-order valence-electron chi connectivity index (χ2n) is 6.95. The summed E-state index contributed by atoms with van der Waals surface area (Å²) >= 11 is 0. The second kappa shape index (κ2) is 7.34. The molecule has 2 amide bonds. The number of hydrogen-bond acceptors (Lipinski definition) is 4. The van der Waals surface area contributed by atoms with Crippen molar-refractivity contribution in [3.05, 3.63) is 42.0 Å². The molecule has 0 radical (unpaired) electrons. The fourth-order valence-corrected chi connectivity index (χ4v) is 2.38. The van der Waals surface area contributed by atoms with Crippen LogP contribution in [0.2, 0.25) is 0 Å². The first-order chi connectivity index (χ1) is 11.7. The molecule has 0 fully saturated rings. The maximum Gasteiger partial charge on any atom is 0.275 e. The molecule has 0 aliphatic carbocycles. The molecule has 0 aliphatic heterocycles. The Balaban J connectivity index is 2.07. The fourth-order valence-electron chi connectivity index (χ4n) is 2.38. The van der Waals surface area contributed by atoms with Gasteiger partial charge in [0.15, 0.2) is 0 Å². The lowest BCUT2D eigenvalue weighted by molar-refractivity contribution is -0.121. The predicted molar refractivity (Wildman–Crippen MR) is 98.7 cm³/mol. The monoisotopic (exact) mass is 341 g/mol. The van der Waals surface area contributed by atoms with Crippen LogP contribution in [0.15, 0.2) is 41.5 Å². The van der Waals surface area contributed by atoms with Gasteiger partial charge in [0.05, 0.1) is 12.0 Å². The Morgan fingerprint density at radius 3 is 2.48 bits per heavy atom. The summed E-state index contributed by atoms with van der Waals surface area (Å²) in [5.74, 6) is -0.788. The van der Waals surface area contributed by atoms with E-state index in [9.17, 15) is 14.7 Å². The molecule has 6 nitrogen and oxygen atoms in total. The average molecular weight is 341 g/mol. The van der Waals surface area contributed by atoms with E-state index in [4.69, 9.17) is 0 Å². The SMILES string of the molecule is C/C(CC(=O)NC(C)(C)C)=N/NC(=O)c1ccc2ccccc2c1O. The van der Waals surface area contributed by atoms with Gasteiger partial charge >= 0.3 is 0 Å². The molecule has 132 valence electrons. The van der Waals surface area contributed by atoms with Crippen molar-refractivity contribution in [2.75, 3.05) is 0 Å². The van der Waals surface area contributed by atoms with Crippen LogP contribution in [0, 0.1) is 0 Å². The largest absolute Gasteiger partial charge is 0.506 e. The van der Waals surface area contributed by atoms with E-state index in [-0.39, 0.29) is 29.2 Å². The van der Waals surface area contributed by atoms with Gasteiger partial charge in [-0.05, 0) is 39.1 Å². The highest BCUT2D eigenvalue weighted by atomic mass is 16.3. The van der Waals surface area contributed by atoms with Crippen LogP contribution in [0.5, 0.6) is 5.75 Å². The molecule has 0 aliphatic rings. The van der Waals surface area contributed by atoms with Gasteiger partial charge in [-0.25, -0.2) is 5.43 Å². The molecule has 3 N–H and O–H groups in total. The molecule has 0 bridgehead atoms. The Bertz CT molecular complexity index is 835. The van der Waals surface area contributed by atoms with Gasteiger partial charge in [0.2, 0.25) is 5.91 Å². The summed E-state index contributed by atoms with van der Waals surface area (Å²) in [7, 11) is 0. The number of hydrogen-bond donors (Lipinski definition) is 3. The molecule has 0 spiro atoms. The van der Waals surface area contributed by atoms with Gasteiger partial charge < -0.3 is 10.4 Å².